The fourth-order valence-corrected chi connectivity index (χ4v) is 4.11. The Morgan fingerprint density at radius 1 is 1.15 bits per heavy atom. The molecule has 2 aliphatic heterocycles. The first-order chi connectivity index (χ1) is 15.8. The molecule has 0 fully saturated rings. The van der Waals surface area contributed by atoms with Gasteiger partial charge in [-0.2, -0.15) is 5.10 Å². The van der Waals surface area contributed by atoms with Crippen LogP contribution >= 0.6 is 0 Å². The maximum Gasteiger partial charge on any atom is 0.573 e. The number of carbonyl (C=O) groups is 1. The van der Waals surface area contributed by atoms with Crippen LogP contribution in [0.4, 0.5) is 13.2 Å². The Morgan fingerprint density at radius 3 is 2.73 bits per heavy atom. The molecular weight excluding hydrogens is 441 g/mol. The molecule has 0 saturated heterocycles. The zero-order valence-corrected chi connectivity index (χ0v) is 17.3. The Morgan fingerprint density at radius 2 is 1.97 bits per heavy atom. The number of carbonyl (C=O) groups excluding carboxylic acids is 1. The number of ether oxygens (including phenoxy) is 3. The molecule has 172 valence electrons. The molecule has 1 aromatic carbocycles. The van der Waals surface area contributed by atoms with Crippen molar-refractivity contribution in [3.63, 3.8) is 0 Å². The fraction of sp³-hybridized carbons (Fsp3) is 0.318. The standard InChI is InChI=1S/C22H19F3N4O4/c23-22(24,25)33-15-6-4-14(5-7-15)21(8-12-31-17-3-1-9-26-19(17)21)27-20(30)16-13-18-29(28-16)10-2-11-32-18/h1,3-7,9,13H,2,8,10-12H2,(H,27,30). The molecule has 0 aliphatic carbocycles. The van der Waals surface area contributed by atoms with E-state index in [1.165, 1.54) is 24.3 Å². The Hall–Kier alpha value is -3.76. The summed E-state index contributed by atoms with van der Waals surface area (Å²) in [5.74, 6) is 0.168. The van der Waals surface area contributed by atoms with Gasteiger partial charge in [0.25, 0.3) is 5.91 Å². The molecule has 1 amide bonds. The van der Waals surface area contributed by atoms with Gasteiger partial charge in [-0.15, -0.1) is 13.2 Å². The van der Waals surface area contributed by atoms with Crippen molar-refractivity contribution in [1.29, 1.82) is 0 Å². The summed E-state index contributed by atoms with van der Waals surface area (Å²) in [7, 11) is 0. The number of halogens is 3. The summed E-state index contributed by atoms with van der Waals surface area (Å²) >= 11 is 0. The van der Waals surface area contributed by atoms with E-state index >= 15 is 0 Å². The molecule has 0 bridgehead atoms. The minimum atomic E-state index is -4.80. The summed E-state index contributed by atoms with van der Waals surface area (Å²) in [4.78, 5) is 17.7. The number of alkyl halides is 3. The first-order valence-electron chi connectivity index (χ1n) is 10.3. The van der Waals surface area contributed by atoms with E-state index in [1.807, 2.05) is 0 Å². The molecule has 0 spiro atoms. The Bertz CT molecular complexity index is 1160. The molecule has 33 heavy (non-hydrogen) atoms. The van der Waals surface area contributed by atoms with Crippen molar-refractivity contribution in [3.05, 3.63) is 65.6 Å². The van der Waals surface area contributed by atoms with Gasteiger partial charge in [0.1, 0.15) is 22.7 Å². The van der Waals surface area contributed by atoms with E-state index in [9.17, 15) is 18.0 Å². The topological polar surface area (TPSA) is 87.5 Å². The predicted octanol–water partition coefficient (Wildman–Crippen LogP) is 3.42. The molecule has 2 aromatic heterocycles. The van der Waals surface area contributed by atoms with Crippen molar-refractivity contribution < 1.29 is 32.2 Å². The summed E-state index contributed by atoms with van der Waals surface area (Å²) < 4.78 is 54.7. The van der Waals surface area contributed by atoms with Crippen molar-refractivity contribution in [1.82, 2.24) is 20.1 Å². The van der Waals surface area contributed by atoms with Gasteiger partial charge in [0.05, 0.1) is 13.2 Å². The van der Waals surface area contributed by atoms with Crippen molar-refractivity contribution in [3.8, 4) is 17.4 Å². The number of benzene rings is 1. The normalized spacial score (nSPS) is 19.5. The third-order valence-electron chi connectivity index (χ3n) is 5.56. The van der Waals surface area contributed by atoms with Crippen LogP contribution in [0.2, 0.25) is 0 Å². The molecule has 0 saturated carbocycles. The predicted molar refractivity (Wildman–Crippen MR) is 108 cm³/mol. The van der Waals surface area contributed by atoms with E-state index in [0.29, 0.717) is 42.5 Å². The summed E-state index contributed by atoms with van der Waals surface area (Å²) in [6.45, 7) is 1.47. The largest absolute Gasteiger partial charge is 0.573 e. The van der Waals surface area contributed by atoms with Gasteiger partial charge in [-0.3, -0.25) is 9.78 Å². The number of hydrogen-bond acceptors (Lipinski definition) is 6. The third kappa shape index (κ3) is 4.06. The van der Waals surface area contributed by atoms with Gasteiger partial charge in [0, 0.05) is 31.6 Å². The van der Waals surface area contributed by atoms with Gasteiger partial charge in [-0.05, 0) is 29.8 Å². The Balaban J connectivity index is 1.53. The number of pyridine rings is 1. The van der Waals surface area contributed by atoms with Gasteiger partial charge in [0.15, 0.2) is 5.69 Å². The molecule has 1 atom stereocenters. The number of amides is 1. The molecule has 8 nitrogen and oxygen atoms in total. The summed E-state index contributed by atoms with van der Waals surface area (Å²) in [6, 6.07) is 10.4. The molecule has 1 unspecified atom stereocenters. The molecule has 0 radical (unpaired) electrons. The van der Waals surface area contributed by atoms with Crippen molar-refractivity contribution >= 4 is 5.91 Å². The first-order valence-corrected chi connectivity index (χ1v) is 10.3. The minimum Gasteiger partial charge on any atom is -0.491 e. The lowest BCUT2D eigenvalue weighted by Gasteiger charge is -2.38. The van der Waals surface area contributed by atoms with Gasteiger partial charge >= 0.3 is 6.36 Å². The van der Waals surface area contributed by atoms with E-state index in [1.54, 1.807) is 29.1 Å². The number of hydrogen-bond donors (Lipinski definition) is 1. The maximum atomic E-state index is 13.3. The molecule has 3 aromatic rings. The van der Waals surface area contributed by atoms with Crippen LogP contribution in [0.1, 0.15) is 34.6 Å². The van der Waals surface area contributed by atoms with Crippen LogP contribution in [-0.4, -0.2) is 40.2 Å². The second-order valence-electron chi connectivity index (χ2n) is 7.67. The van der Waals surface area contributed by atoms with Crippen LogP contribution in [0, 0.1) is 0 Å². The highest BCUT2D eigenvalue weighted by Crippen LogP contribution is 2.41. The number of nitrogens with zero attached hydrogens (tertiary/aromatic N) is 3. The smallest absolute Gasteiger partial charge is 0.491 e. The van der Waals surface area contributed by atoms with Crippen LogP contribution < -0.4 is 19.5 Å². The van der Waals surface area contributed by atoms with E-state index in [2.05, 4.69) is 20.1 Å². The highest BCUT2D eigenvalue weighted by atomic mass is 19.4. The molecule has 1 N–H and O–H groups in total. The van der Waals surface area contributed by atoms with E-state index in [4.69, 9.17) is 9.47 Å². The van der Waals surface area contributed by atoms with Gasteiger partial charge in [-0.25, -0.2) is 4.68 Å². The van der Waals surface area contributed by atoms with E-state index in [-0.39, 0.29) is 18.1 Å². The van der Waals surface area contributed by atoms with Crippen LogP contribution in [0.3, 0.4) is 0 Å². The lowest BCUT2D eigenvalue weighted by Crippen LogP contribution is -2.50. The maximum absolute atomic E-state index is 13.3. The summed E-state index contributed by atoms with van der Waals surface area (Å²) in [5.41, 5.74) is 0.0173. The van der Waals surface area contributed by atoms with Crippen molar-refractivity contribution in [2.24, 2.45) is 0 Å². The Kier molecular flexibility index (Phi) is 5.10. The summed E-state index contributed by atoms with van der Waals surface area (Å²) in [5, 5.41) is 7.36. The number of aryl methyl sites for hydroxylation is 1. The number of aromatic nitrogens is 3. The van der Waals surface area contributed by atoms with E-state index < -0.39 is 17.8 Å². The second kappa shape index (κ2) is 7.98. The highest BCUT2D eigenvalue weighted by Gasteiger charge is 2.43. The quantitative estimate of drug-likeness (QED) is 0.642. The lowest BCUT2D eigenvalue weighted by molar-refractivity contribution is -0.274. The molecule has 2 aliphatic rings. The zero-order chi connectivity index (χ0) is 23.1. The van der Waals surface area contributed by atoms with Gasteiger partial charge in [-0.1, -0.05) is 12.1 Å². The van der Waals surface area contributed by atoms with Crippen LogP contribution in [0.5, 0.6) is 17.4 Å². The summed E-state index contributed by atoms with van der Waals surface area (Å²) in [6.07, 6.45) is -2.13. The number of fused-ring (bicyclic) bond motifs is 2. The van der Waals surface area contributed by atoms with E-state index in [0.717, 1.165) is 6.42 Å². The van der Waals surface area contributed by atoms with Crippen LogP contribution in [0.15, 0.2) is 48.7 Å². The Labute approximate surface area is 186 Å². The van der Waals surface area contributed by atoms with Crippen molar-refractivity contribution in [2.45, 2.75) is 31.3 Å². The van der Waals surface area contributed by atoms with Gasteiger partial charge in [0.2, 0.25) is 5.88 Å². The zero-order valence-electron chi connectivity index (χ0n) is 17.3. The van der Waals surface area contributed by atoms with Crippen LogP contribution in [0.25, 0.3) is 0 Å². The monoisotopic (exact) mass is 460 g/mol. The average Bonchev–Trinajstić information content (AvgIpc) is 3.23. The number of nitrogens with one attached hydrogen (secondary N) is 1. The second-order valence-corrected chi connectivity index (χ2v) is 7.67. The SMILES string of the molecule is O=C(NC1(c2ccc(OC(F)(F)F)cc2)CCOc2cccnc21)c1cc2n(n1)CCCO2. The molecule has 4 heterocycles. The fourth-order valence-electron chi connectivity index (χ4n) is 4.11. The highest BCUT2D eigenvalue weighted by molar-refractivity contribution is 5.93. The molecular formula is C22H19F3N4O4. The minimum absolute atomic E-state index is 0.173. The van der Waals surface area contributed by atoms with Crippen LogP contribution in [-0.2, 0) is 12.1 Å². The molecule has 5 rings (SSSR count). The van der Waals surface area contributed by atoms with Gasteiger partial charge < -0.3 is 19.5 Å². The first kappa shape index (κ1) is 21.1. The molecule has 11 heteroatoms. The number of rotatable bonds is 4. The lowest BCUT2D eigenvalue weighted by atomic mass is 9.81. The average molecular weight is 460 g/mol. The van der Waals surface area contributed by atoms with Crippen molar-refractivity contribution in [2.75, 3.05) is 13.2 Å². The third-order valence-corrected chi connectivity index (χ3v) is 5.56.